The van der Waals surface area contributed by atoms with Crippen molar-refractivity contribution in [1.29, 1.82) is 0 Å². The van der Waals surface area contributed by atoms with Gasteiger partial charge in [-0.3, -0.25) is 0 Å². The molecule has 0 unspecified atom stereocenters. The van der Waals surface area contributed by atoms with Crippen LogP contribution in [0.3, 0.4) is 0 Å². The van der Waals surface area contributed by atoms with Gasteiger partial charge in [-0.1, -0.05) is 204 Å². The summed E-state index contributed by atoms with van der Waals surface area (Å²) in [5, 5.41) is 26.9. The Hall–Kier alpha value is -7.52. The lowest BCUT2D eigenvalue weighted by Crippen LogP contribution is -2.36. The summed E-state index contributed by atoms with van der Waals surface area (Å²) in [5.74, 6) is 3.81. The first-order valence-corrected chi connectivity index (χ1v) is 33.9. The van der Waals surface area contributed by atoms with Gasteiger partial charge >= 0.3 is 0 Å². The van der Waals surface area contributed by atoms with Crippen LogP contribution < -0.4 is 42.5 Å². The van der Waals surface area contributed by atoms with Gasteiger partial charge in [-0.15, -0.1) is 0 Å². The van der Waals surface area contributed by atoms with Crippen LogP contribution in [0.4, 0.5) is 47.6 Å². The number of benzene rings is 4. The van der Waals surface area contributed by atoms with Gasteiger partial charge in [0.05, 0.1) is 0 Å². The van der Waals surface area contributed by atoms with Crippen LogP contribution in [0.15, 0.2) is 121 Å². The van der Waals surface area contributed by atoms with Crippen LogP contribution in [0.25, 0.3) is 0 Å². The highest BCUT2D eigenvalue weighted by atomic mass is 35.5. The van der Waals surface area contributed by atoms with Gasteiger partial charge in [-0.2, -0.15) is 59.8 Å². The van der Waals surface area contributed by atoms with Crippen LogP contribution >= 0.6 is 46.4 Å². The minimum Gasteiger partial charge on any atom is -0.350 e. The van der Waals surface area contributed by atoms with Gasteiger partial charge in [0.1, 0.15) is 0 Å². The summed E-state index contributed by atoms with van der Waals surface area (Å²) < 4.78 is 0. The molecule has 0 fully saturated rings. The second-order valence-electron chi connectivity index (χ2n) is 31.3. The fraction of sp³-hybridized carbons (Fsp3) is 0.500. The number of rotatable bonds is 24. The molecule has 0 saturated carbocycles. The fourth-order valence-corrected chi connectivity index (χ4v) is 12.4. The number of halogens is 4. The van der Waals surface area contributed by atoms with Gasteiger partial charge in [0, 0.05) is 48.3 Å². The minimum atomic E-state index is -0.153. The molecular weight excluding hydrogens is 1290 g/mol. The van der Waals surface area contributed by atoms with Crippen LogP contribution in [-0.2, 0) is 26.2 Å². The minimum absolute atomic E-state index is 0.153. The third-order valence-corrected chi connectivity index (χ3v) is 14.0. The van der Waals surface area contributed by atoms with E-state index in [1.807, 2.05) is 121 Å². The Morgan fingerprint density at radius 3 is 0.542 bits per heavy atom. The van der Waals surface area contributed by atoms with Gasteiger partial charge < -0.3 is 42.5 Å². The zero-order valence-electron chi connectivity index (χ0n) is 60.1. The number of hydrogen-bond acceptors (Lipinski definition) is 20. The largest absolute Gasteiger partial charge is 0.350 e. The molecule has 96 heavy (non-hydrogen) atoms. The summed E-state index contributed by atoms with van der Waals surface area (Å²) in [5.41, 5.74) is 4.77. The molecule has 8 rings (SSSR count). The Balaban J connectivity index is 0.000000231. The van der Waals surface area contributed by atoms with Crippen LogP contribution in [0, 0.1) is 21.7 Å². The average Bonchev–Trinajstić information content (AvgIpc) is 0.866. The lowest BCUT2D eigenvalue weighted by atomic mass is 9.82. The molecule has 0 aliphatic rings. The fourth-order valence-electron chi connectivity index (χ4n) is 11.7. The van der Waals surface area contributed by atoms with E-state index >= 15 is 0 Å². The van der Waals surface area contributed by atoms with Crippen molar-refractivity contribution >= 4 is 94.0 Å². The normalized spacial score (nSPS) is 12.1. The maximum atomic E-state index is 6.05. The molecule has 520 valence electrons. The summed E-state index contributed by atoms with van der Waals surface area (Å²) in [6, 6.07) is 40.3. The Kier molecular flexibility index (Phi) is 29.0. The van der Waals surface area contributed by atoms with Gasteiger partial charge in [-0.05, 0) is 171 Å². The van der Waals surface area contributed by atoms with Gasteiger partial charge in [0.2, 0.25) is 68.7 Å². The molecule has 0 aliphatic carbocycles. The Bertz CT molecular complexity index is 3140. The molecule has 0 bridgehead atoms. The maximum absolute atomic E-state index is 6.05. The summed E-state index contributed by atoms with van der Waals surface area (Å²) in [7, 11) is 0. The zero-order valence-corrected chi connectivity index (χ0v) is 63.1. The van der Waals surface area contributed by atoms with E-state index < -0.39 is 0 Å². The molecule has 0 saturated heterocycles. The summed E-state index contributed by atoms with van der Waals surface area (Å²) >= 11 is 24.2. The van der Waals surface area contributed by atoms with E-state index in [4.69, 9.17) is 46.4 Å². The number of nitrogens with zero attached hydrogens (tertiary/aromatic N) is 12. The lowest BCUT2D eigenvalue weighted by Gasteiger charge is -2.33. The predicted molar refractivity (Wildman–Crippen MR) is 402 cm³/mol. The van der Waals surface area contributed by atoms with E-state index in [2.05, 4.69) is 241 Å². The molecule has 0 atom stereocenters. The SMILES string of the molecule is CC(C)(C)CC(C)(C)Nc1nc(Cl)nc(NCc2ccccc2)n1.CC(C)(C)CC(C)(C)Nc1nc(Cl)nc(NCc2ccccc2)n1.CC(C)(C)CC(C)(C)Nc1nc(Cl)nc(NCc2ccccc2)n1.CC(C)(C)CC(C)(C)Nc1nc(Cl)nc(NCc2ccccc2)n1. The first-order chi connectivity index (χ1) is 44.5. The van der Waals surface area contributed by atoms with Crippen molar-refractivity contribution in [2.24, 2.45) is 21.7 Å². The predicted octanol–water partition coefficient (Wildman–Crippen LogP) is 19.1. The third kappa shape index (κ3) is 33.9. The van der Waals surface area contributed by atoms with Crippen molar-refractivity contribution < 1.29 is 0 Å². The number of nitrogens with one attached hydrogen (secondary N) is 8. The van der Waals surface area contributed by atoms with Crippen molar-refractivity contribution in [3.8, 4) is 0 Å². The molecule has 0 radical (unpaired) electrons. The Morgan fingerprint density at radius 1 is 0.229 bits per heavy atom. The van der Waals surface area contributed by atoms with Gasteiger partial charge in [0.25, 0.3) is 0 Å². The van der Waals surface area contributed by atoms with E-state index in [-0.39, 0.29) is 65.0 Å². The Labute approximate surface area is 591 Å². The highest BCUT2D eigenvalue weighted by Crippen LogP contribution is 2.33. The second kappa shape index (κ2) is 35.1. The molecule has 8 N–H and O–H groups in total. The molecular formula is C72H104Cl4N20. The molecule has 0 amide bonds. The topological polar surface area (TPSA) is 251 Å². The van der Waals surface area contributed by atoms with Crippen molar-refractivity contribution in [2.45, 2.75) is 212 Å². The zero-order chi connectivity index (χ0) is 71.2. The molecule has 24 heteroatoms. The first-order valence-electron chi connectivity index (χ1n) is 32.4. The first kappa shape index (κ1) is 79.2. The second-order valence-corrected chi connectivity index (χ2v) is 32.7. The monoisotopic (exact) mass is 1390 g/mol. The van der Waals surface area contributed by atoms with E-state index in [0.717, 1.165) is 47.9 Å². The molecule has 4 aromatic heterocycles. The highest BCUT2D eigenvalue weighted by molar-refractivity contribution is 6.29. The van der Waals surface area contributed by atoms with E-state index in [1.54, 1.807) is 0 Å². The quantitative estimate of drug-likeness (QED) is 0.0280. The molecule has 4 aromatic carbocycles. The smallest absolute Gasteiger partial charge is 0.229 e. The van der Waals surface area contributed by atoms with Crippen LogP contribution in [0.2, 0.25) is 21.1 Å². The molecule has 4 heterocycles. The van der Waals surface area contributed by atoms with E-state index in [0.29, 0.717) is 73.8 Å². The highest BCUT2D eigenvalue weighted by Gasteiger charge is 2.30. The number of hydrogen-bond donors (Lipinski definition) is 8. The van der Waals surface area contributed by atoms with Crippen molar-refractivity contribution in [1.82, 2.24) is 59.8 Å². The average molecular weight is 1390 g/mol. The van der Waals surface area contributed by atoms with E-state index in [9.17, 15) is 0 Å². The molecule has 0 aliphatic heterocycles. The van der Waals surface area contributed by atoms with Crippen LogP contribution in [0.5, 0.6) is 0 Å². The number of aromatic nitrogens is 12. The van der Waals surface area contributed by atoms with Crippen LogP contribution in [0.1, 0.15) is 186 Å². The standard InChI is InChI=1S/4C18H26ClN5/c4*1-17(2,3)12-18(4,5)24-16-22-14(19)21-15(23-16)20-11-13-9-7-6-8-10-13/h4*6-10H,11-12H2,1-5H3,(H2,20,21,22,23,24). The third-order valence-electron chi connectivity index (χ3n) is 13.3. The van der Waals surface area contributed by atoms with Crippen molar-refractivity contribution in [3.63, 3.8) is 0 Å². The summed E-state index contributed by atoms with van der Waals surface area (Å²) in [6.45, 7) is 46.1. The van der Waals surface area contributed by atoms with Crippen molar-refractivity contribution in [3.05, 3.63) is 165 Å². The summed E-state index contributed by atoms with van der Waals surface area (Å²) in [4.78, 5) is 51.1. The lowest BCUT2D eigenvalue weighted by molar-refractivity contribution is 0.301. The number of anilines is 8. The van der Waals surface area contributed by atoms with Gasteiger partial charge in [-0.25, -0.2) is 0 Å². The molecule has 8 aromatic rings. The van der Waals surface area contributed by atoms with Gasteiger partial charge in [0.15, 0.2) is 0 Å². The molecule has 20 nitrogen and oxygen atoms in total. The summed E-state index contributed by atoms with van der Waals surface area (Å²) in [6.07, 6.45) is 3.87. The maximum Gasteiger partial charge on any atom is 0.229 e. The van der Waals surface area contributed by atoms with E-state index in [1.165, 1.54) is 0 Å². The molecule has 0 spiro atoms. The van der Waals surface area contributed by atoms with Crippen LogP contribution in [-0.4, -0.2) is 82.0 Å². The Morgan fingerprint density at radius 2 is 0.385 bits per heavy atom. The van der Waals surface area contributed by atoms with Crippen molar-refractivity contribution in [2.75, 3.05) is 42.5 Å².